The topological polar surface area (TPSA) is 87.0 Å². The van der Waals surface area contributed by atoms with Gasteiger partial charge in [0.15, 0.2) is 5.78 Å². The molecule has 5 heteroatoms. The number of aliphatic hydroxyl groups is 1. The van der Waals surface area contributed by atoms with Crippen LogP contribution in [0, 0.1) is 0 Å². The van der Waals surface area contributed by atoms with E-state index >= 15 is 0 Å². The number of hydrogen-bond donors (Lipinski definition) is 3. The highest BCUT2D eigenvalue weighted by molar-refractivity contribution is 6.02. The summed E-state index contributed by atoms with van der Waals surface area (Å²) in [4.78, 5) is 12.4. The minimum atomic E-state index is -1.56. The molecule has 1 aliphatic heterocycles. The van der Waals surface area contributed by atoms with Crippen molar-refractivity contribution in [2.45, 2.75) is 160 Å². The molecule has 0 bridgehead atoms. The predicted octanol–water partition coefficient (Wildman–Crippen LogP) is 9.35. The van der Waals surface area contributed by atoms with E-state index in [0.717, 1.165) is 25.3 Å². The van der Waals surface area contributed by atoms with Crippen molar-refractivity contribution in [2.75, 3.05) is 0 Å². The molecule has 1 atom stereocenters. The van der Waals surface area contributed by atoms with E-state index in [4.69, 9.17) is 4.74 Å². The molecule has 0 radical (unpaired) electrons. The Labute approximate surface area is 226 Å². The fourth-order valence-corrected chi connectivity index (χ4v) is 5.50. The van der Waals surface area contributed by atoms with Gasteiger partial charge >= 0.3 is 0 Å². The zero-order chi connectivity index (χ0) is 26.8. The molecule has 3 N–H and O–H groups in total. The average Bonchev–Trinajstić information content (AvgIpc) is 2.84. The highest BCUT2D eigenvalue weighted by Crippen LogP contribution is 2.41. The third-order valence-corrected chi connectivity index (χ3v) is 7.75. The molecular formula is C32H54O5. The van der Waals surface area contributed by atoms with Gasteiger partial charge in [-0.25, -0.2) is 0 Å². The molecule has 1 unspecified atom stereocenters. The van der Waals surface area contributed by atoms with Gasteiger partial charge in [-0.15, -0.1) is 0 Å². The minimum Gasteiger partial charge on any atom is -0.508 e. The standard InChI is InChI=1S/C32H54O5/c1-2-3-4-5-6-7-8-9-10-11-12-13-14-15-16-17-18-19-20-21-22-23-32(36)26-29(35)31-28(34)24-27(33)25-30(31)37-32/h24-25,33-34,36H,2-23,26H2,1H3. The number of carbonyl (C=O) groups excluding carboxylic acids is 1. The average molecular weight is 519 g/mol. The lowest BCUT2D eigenvalue weighted by molar-refractivity contribution is -0.145. The molecule has 0 aromatic heterocycles. The van der Waals surface area contributed by atoms with Gasteiger partial charge in [-0.2, -0.15) is 0 Å². The van der Waals surface area contributed by atoms with E-state index < -0.39 is 5.79 Å². The third-order valence-electron chi connectivity index (χ3n) is 7.75. The van der Waals surface area contributed by atoms with Gasteiger partial charge in [-0.05, 0) is 6.42 Å². The number of aromatic hydroxyl groups is 2. The Morgan fingerprint density at radius 2 is 1.08 bits per heavy atom. The fourth-order valence-electron chi connectivity index (χ4n) is 5.50. The van der Waals surface area contributed by atoms with Gasteiger partial charge in [0.05, 0.1) is 6.42 Å². The maximum atomic E-state index is 12.4. The lowest BCUT2D eigenvalue weighted by atomic mass is 9.93. The van der Waals surface area contributed by atoms with Crippen LogP contribution in [0.1, 0.15) is 165 Å². The molecule has 5 nitrogen and oxygen atoms in total. The van der Waals surface area contributed by atoms with E-state index in [1.54, 1.807) is 0 Å². The molecular weight excluding hydrogens is 464 g/mol. The molecule has 2 rings (SSSR count). The van der Waals surface area contributed by atoms with Crippen LogP contribution in [-0.4, -0.2) is 26.9 Å². The summed E-state index contributed by atoms with van der Waals surface area (Å²) >= 11 is 0. The Kier molecular flexibility index (Phi) is 15.7. The number of carbonyl (C=O) groups is 1. The Morgan fingerprint density at radius 1 is 0.676 bits per heavy atom. The van der Waals surface area contributed by atoms with Crippen molar-refractivity contribution in [2.24, 2.45) is 0 Å². The second-order valence-corrected chi connectivity index (χ2v) is 11.3. The molecule has 0 aliphatic carbocycles. The van der Waals surface area contributed by atoms with Crippen LogP contribution < -0.4 is 4.74 Å². The van der Waals surface area contributed by atoms with Gasteiger partial charge in [-0.3, -0.25) is 4.79 Å². The molecule has 0 saturated carbocycles. The van der Waals surface area contributed by atoms with Crippen LogP contribution >= 0.6 is 0 Å². The molecule has 37 heavy (non-hydrogen) atoms. The fraction of sp³-hybridized carbons (Fsp3) is 0.781. The summed E-state index contributed by atoms with van der Waals surface area (Å²) in [5, 5.41) is 30.3. The second kappa shape index (κ2) is 18.5. The lowest BCUT2D eigenvalue weighted by Crippen LogP contribution is -2.41. The number of hydrogen-bond acceptors (Lipinski definition) is 5. The van der Waals surface area contributed by atoms with Crippen molar-refractivity contribution in [1.82, 2.24) is 0 Å². The van der Waals surface area contributed by atoms with Crippen molar-refractivity contribution in [3.8, 4) is 17.2 Å². The number of fused-ring (bicyclic) bond motifs is 1. The van der Waals surface area contributed by atoms with Crippen LogP contribution in [0.4, 0.5) is 0 Å². The largest absolute Gasteiger partial charge is 0.508 e. The minimum absolute atomic E-state index is 0.0428. The van der Waals surface area contributed by atoms with Crippen molar-refractivity contribution >= 4 is 5.78 Å². The SMILES string of the molecule is CCCCCCCCCCCCCCCCCCCCCCCC1(O)CC(=O)c2c(O)cc(O)cc2O1. The number of unbranched alkanes of at least 4 members (excludes halogenated alkanes) is 20. The first-order valence-electron chi connectivity index (χ1n) is 15.5. The van der Waals surface area contributed by atoms with Crippen molar-refractivity contribution in [3.05, 3.63) is 17.7 Å². The maximum Gasteiger partial charge on any atom is 0.215 e. The van der Waals surface area contributed by atoms with E-state index in [0.29, 0.717) is 6.42 Å². The van der Waals surface area contributed by atoms with Gasteiger partial charge in [0.2, 0.25) is 5.79 Å². The quantitative estimate of drug-likeness (QED) is 0.133. The summed E-state index contributed by atoms with van der Waals surface area (Å²) in [5.74, 6) is -2.36. The normalized spacial score (nSPS) is 17.1. The van der Waals surface area contributed by atoms with Gasteiger partial charge in [0.25, 0.3) is 0 Å². The maximum absolute atomic E-state index is 12.4. The van der Waals surface area contributed by atoms with Crippen LogP contribution in [0.5, 0.6) is 17.2 Å². The van der Waals surface area contributed by atoms with E-state index in [-0.39, 0.29) is 35.0 Å². The summed E-state index contributed by atoms with van der Waals surface area (Å²) in [7, 11) is 0. The Morgan fingerprint density at radius 3 is 1.51 bits per heavy atom. The van der Waals surface area contributed by atoms with Gasteiger partial charge < -0.3 is 20.1 Å². The smallest absolute Gasteiger partial charge is 0.215 e. The van der Waals surface area contributed by atoms with E-state index in [9.17, 15) is 20.1 Å². The summed E-state index contributed by atoms with van der Waals surface area (Å²) < 4.78 is 5.61. The van der Waals surface area contributed by atoms with Crippen molar-refractivity contribution < 1.29 is 24.9 Å². The van der Waals surface area contributed by atoms with Crippen LogP contribution in [0.2, 0.25) is 0 Å². The third kappa shape index (κ3) is 13.0. The van der Waals surface area contributed by atoms with Crippen LogP contribution in [-0.2, 0) is 0 Å². The number of rotatable bonds is 22. The zero-order valence-corrected chi connectivity index (χ0v) is 23.6. The van der Waals surface area contributed by atoms with Crippen LogP contribution in [0.15, 0.2) is 12.1 Å². The van der Waals surface area contributed by atoms with Crippen molar-refractivity contribution in [3.63, 3.8) is 0 Å². The molecule has 0 fully saturated rings. The van der Waals surface area contributed by atoms with Gasteiger partial charge in [0.1, 0.15) is 22.8 Å². The molecule has 0 saturated heterocycles. The Balaban J connectivity index is 1.36. The molecule has 0 spiro atoms. The van der Waals surface area contributed by atoms with Gasteiger partial charge in [0, 0.05) is 18.6 Å². The van der Waals surface area contributed by atoms with E-state index in [1.807, 2.05) is 0 Å². The Bertz CT molecular complexity index is 762. The molecule has 1 heterocycles. The molecule has 1 aromatic carbocycles. The lowest BCUT2D eigenvalue weighted by Gasteiger charge is -2.33. The highest BCUT2D eigenvalue weighted by Gasteiger charge is 2.40. The molecule has 0 amide bonds. The number of phenols is 2. The highest BCUT2D eigenvalue weighted by atomic mass is 16.6. The first-order chi connectivity index (χ1) is 17.9. The molecule has 1 aromatic rings. The number of Topliss-reactive ketones (excluding diaryl/α,β-unsaturated/α-hetero) is 1. The van der Waals surface area contributed by atoms with Crippen molar-refractivity contribution in [1.29, 1.82) is 0 Å². The van der Waals surface area contributed by atoms with Crippen LogP contribution in [0.25, 0.3) is 0 Å². The number of ether oxygens (including phenoxy) is 1. The van der Waals surface area contributed by atoms with Crippen LogP contribution in [0.3, 0.4) is 0 Å². The number of benzene rings is 1. The van der Waals surface area contributed by atoms with E-state index in [1.165, 1.54) is 122 Å². The zero-order valence-electron chi connectivity index (χ0n) is 23.6. The summed E-state index contributed by atoms with van der Waals surface area (Å²) in [6, 6.07) is 2.39. The van der Waals surface area contributed by atoms with Gasteiger partial charge in [-0.1, -0.05) is 135 Å². The first-order valence-corrected chi connectivity index (χ1v) is 15.5. The number of phenolic OH excluding ortho intramolecular Hbond substituents is 2. The Hall–Kier alpha value is -1.75. The summed E-state index contributed by atoms with van der Waals surface area (Å²) in [6.07, 6.45) is 28.0. The predicted molar refractivity (Wildman–Crippen MR) is 152 cm³/mol. The van der Waals surface area contributed by atoms with E-state index in [2.05, 4.69) is 6.92 Å². The first kappa shape index (κ1) is 31.5. The number of ketones is 1. The second-order valence-electron chi connectivity index (χ2n) is 11.3. The molecule has 212 valence electrons. The molecule has 1 aliphatic rings. The summed E-state index contributed by atoms with van der Waals surface area (Å²) in [5.41, 5.74) is 0.0428. The summed E-state index contributed by atoms with van der Waals surface area (Å²) in [6.45, 7) is 2.28. The monoisotopic (exact) mass is 518 g/mol.